The standard InChI is InChI=1S/C14H10N2O3/c17-10-4-5-11-12(7-10)16-13(15-11)8-2-1-3-9(6-8)14(18)19/h1-7,17H,(H,15,16)(H,18,19). The van der Waals surface area contributed by atoms with Crippen LogP contribution in [0.15, 0.2) is 42.5 Å². The fraction of sp³-hybridized carbons (Fsp3) is 0. The Morgan fingerprint density at radius 3 is 2.79 bits per heavy atom. The van der Waals surface area contributed by atoms with Gasteiger partial charge >= 0.3 is 5.97 Å². The molecule has 3 rings (SSSR count). The maximum Gasteiger partial charge on any atom is 0.335 e. The second kappa shape index (κ2) is 4.13. The van der Waals surface area contributed by atoms with Gasteiger partial charge in [0, 0.05) is 11.6 Å². The molecule has 0 spiro atoms. The fourth-order valence-corrected chi connectivity index (χ4v) is 1.93. The van der Waals surface area contributed by atoms with Crippen molar-refractivity contribution in [3.8, 4) is 17.1 Å². The number of carbonyl (C=O) groups is 1. The first kappa shape index (κ1) is 11.3. The second-order valence-electron chi connectivity index (χ2n) is 4.17. The monoisotopic (exact) mass is 254 g/mol. The smallest absolute Gasteiger partial charge is 0.335 e. The van der Waals surface area contributed by atoms with E-state index in [1.165, 1.54) is 6.07 Å². The zero-order valence-corrected chi connectivity index (χ0v) is 9.79. The van der Waals surface area contributed by atoms with E-state index in [0.29, 0.717) is 22.4 Å². The summed E-state index contributed by atoms with van der Waals surface area (Å²) in [6.07, 6.45) is 0. The lowest BCUT2D eigenvalue weighted by Crippen LogP contribution is -1.95. The van der Waals surface area contributed by atoms with Crippen LogP contribution in [0.1, 0.15) is 10.4 Å². The van der Waals surface area contributed by atoms with Gasteiger partial charge in [-0.25, -0.2) is 9.78 Å². The van der Waals surface area contributed by atoms with Crippen molar-refractivity contribution >= 4 is 17.0 Å². The zero-order chi connectivity index (χ0) is 13.4. The number of aromatic carboxylic acids is 1. The molecule has 0 aliphatic carbocycles. The molecule has 94 valence electrons. The molecule has 0 fully saturated rings. The van der Waals surface area contributed by atoms with E-state index in [-0.39, 0.29) is 11.3 Å². The summed E-state index contributed by atoms with van der Waals surface area (Å²) in [5, 5.41) is 18.4. The van der Waals surface area contributed by atoms with Gasteiger partial charge in [0.15, 0.2) is 0 Å². The molecule has 5 heteroatoms. The number of H-pyrrole nitrogens is 1. The number of carboxylic acid groups (broad SMARTS) is 1. The van der Waals surface area contributed by atoms with Gasteiger partial charge in [-0.15, -0.1) is 0 Å². The molecule has 0 saturated carbocycles. The molecule has 0 unspecified atom stereocenters. The predicted octanol–water partition coefficient (Wildman–Crippen LogP) is 2.63. The number of imidazole rings is 1. The van der Waals surface area contributed by atoms with Crippen LogP contribution in [0.2, 0.25) is 0 Å². The van der Waals surface area contributed by atoms with Crippen LogP contribution < -0.4 is 0 Å². The van der Waals surface area contributed by atoms with Crippen LogP contribution in [0.25, 0.3) is 22.4 Å². The number of benzene rings is 2. The molecule has 2 aromatic carbocycles. The highest BCUT2D eigenvalue weighted by molar-refractivity contribution is 5.89. The number of phenolic OH excluding ortho intramolecular Hbond substituents is 1. The molecule has 1 aromatic heterocycles. The third-order valence-electron chi connectivity index (χ3n) is 2.85. The lowest BCUT2D eigenvalue weighted by molar-refractivity contribution is 0.0697. The van der Waals surface area contributed by atoms with Crippen molar-refractivity contribution in [3.63, 3.8) is 0 Å². The first-order chi connectivity index (χ1) is 9.13. The van der Waals surface area contributed by atoms with Gasteiger partial charge < -0.3 is 15.2 Å². The zero-order valence-electron chi connectivity index (χ0n) is 9.79. The van der Waals surface area contributed by atoms with E-state index in [0.717, 1.165) is 0 Å². The van der Waals surface area contributed by atoms with Crippen LogP contribution in [0.3, 0.4) is 0 Å². The van der Waals surface area contributed by atoms with Gasteiger partial charge in [0.05, 0.1) is 16.6 Å². The molecule has 5 nitrogen and oxygen atoms in total. The molecule has 0 bridgehead atoms. The minimum atomic E-state index is -0.976. The second-order valence-corrected chi connectivity index (χ2v) is 4.17. The van der Waals surface area contributed by atoms with Crippen LogP contribution in [-0.2, 0) is 0 Å². The van der Waals surface area contributed by atoms with Crippen LogP contribution in [0.5, 0.6) is 5.75 Å². The first-order valence-corrected chi connectivity index (χ1v) is 5.66. The van der Waals surface area contributed by atoms with Gasteiger partial charge in [-0.3, -0.25) is 0 Å². The SMILES string of the molecule is O=C(O)c1cccc(-c2nc3ccc(O)cc3[nH]2)c1. The molecule has 0 aliphatic heterocycles. The van der Waals surface area contributed by atoms with Crippen LogP contribution >= 0.6 is 0 Å². The van der Waals surface area contributed by atoms with Gasteiger partial charge in [0.2, 0.25) is 0 Å². The molecule has 3 aromatic rings. The third kappa shape index (κ3) is 2.01. The minimum Gasteiger partial charge on any atom is -0.508 e. The summed E-state index contributed by atoms with van der Waals surface area (Å²) >= 11 is 0. The maximum atomic E-state index is 10.9. The number of phenols is 1. The Bertz CT molecular complexity index is 777. The summed E-state index contributed by atoms with van der Waals surface area (Å²) in [7, 11) is 0. The molecule has 0 radical (unpaired) electrons. The molecule has 0 saturated heterocycles. The number of carboxylic acids is 1. The number of aromatic nitrogens is 2. The molecule has 3 N–H and O–H groups in total. The van der Waals surface area contributed by atoms with Crippen LogP contribution in [0, 0.1) is 0 Å². The molecular formula is C14H10N2O3. The highest BCUT2D eigenvalue weighted by Gasteiger charge is 2.08. The Balaban J connectivity index is 2.13. The Labute approximate surface area is 108 Å². The summed E-state index contributed by atoms with van der Waals surface area (Å²) in [6.45, 7) is 0. The molecule has 0 atom stereocenters. The maximum absolute atomic E-state index is 10.9. The van der Waals surface area contributed by atoms with Crippen molar-refractivity contribution in [3.05, 3.63) is 48.0 Å². The highest BCUT2D eigenvalue weighted by Crippen LogP contribution is 2.23. The van der Waals surface area contributed by atoms with E-state index in [2.05, 4.69) is 9.97 Å². The quantitative estimate of drug-likeness (QED) is 0.656. The minimum absolute atomic E-state index is 0.155. The summed E-state index contributed by atoms with van der Waals surface area (Å²) in [5.41, 5.74) is 2.32. The van der Waals surface area contributed by atoms with Crippen molar-refractivity contribution < 1.29 is 15.0 Å². The van der Waals surface area contributed by atoms with E-state index in [1.54, 1.807) is 36.4 Å². The average molecular weight is 254 g/mol. The van der Waals surface area contributed by atoms with E-state index < -0.39 is 5.97 Å². The number of fused-ring (bicyclic) bond motifs is 1. The van der Waals surface area contributed by atoms with Gasteiger partial charge in [-0.2, -0.15) is 0 Å². The Hall–Kier alpha value is -2.82. The van der Waals surface area contributed by atoms with Crippen molar-refractivity contribution in [2.45, 2.75) is 0 Å². The van der Waals surface area contributed by atoms with Crippen molar-refractivity contribution in [1.82, 2.24) is 9.97 Å². The molecule has 1 heterocycles. The number of nitrogens with one attached hydrogen (secondary N) is 1. The lowest BCUT2D eigenvalue weighted by atomic mass is 10.1. The molecular weight excluding hydrogens is 244 g/mol. The van der Waals surface area contributed by atoms with E-state index in [1.807, 2.05) is 0 Å². The summed E-state index contributed by atoms with van der Waals surface area (Å²) in [5.74, 6) is -0.249. The molecule has 0 aliphatic rings. The predicted molar refractivity (Wildman–Crippen MR) is 70.2 cm³/mol. The Kier molecular flexibility index (Phi) is 2.45. The highest BCUT2D eigenvalue weighted by atomic mass is 16.4. The average Bonchev–Trinajstić information content (AvgIpc) is 2.81. The van der Waals surface area contributed by atoms with Gasteiger partial charge in [0.25, 0.3) is 0 Å². The molecule has 19 heavy (non-hydrogen) atoms. The number of hydrogen-bond acceptors (Lipinski definition) is 3. The van der Waals surface area contributed by atoms with E-state index in [9.17, 15) is 9.90 Å². The summed E-state index contributed by atoms with van der Waals surface area (Å²) < 4.78 is 0. The van der Waals surface area contributed by atoms with Gasteiger partial charge in [0.1, 0.15) is 11.6 Å². The normalized spacial score (nSPS) is 10.7. The number of rotatable bonds is 2. The first-order valence-electron chi connectivity index (χ1n) is 5.66. The van der Waals surface area contributed by atoms with Crippen LogP contribution in [0.4, 0.5) is 0 Å². The van der Waals surface area contributed by atoms with Crippen molar-refractivity contribution in [2.75, 3.05) is 0 Å². The molecule has 0 amide bonds. The van der Waals surface area contributed by atoms with Crippen molar-refractivity contribution in [2.24, 2.45) is 0 Å². The summed E-state index contributed by atoms with van der Waals surface area (Å²) in [4.78, 5) is 18.4. The lowest BCUT2D eigenvalue weighted by Gasteiger charge is -1.98. The van der Waals surface area contributed by atoms with Crippen molar-refractivity contribution in [1.29, 1.82) is 0 Å². The summed E-state index contributed by atoms with van der Waals surface area (Å²) in [6, 6.07) is 11.4. The third-order valence-corrected chi connectivity index (χ3v) is 2.85. The van der Waals surface area contributed by atoms with Crippen LogP contribution in [-0.4, -0.2) is 26.2 Å². The van der Waals surface area contributed by atoms with E-state index >= 15 is 0 Å². The Morgan fingerprint density at radius 1 is 1.16 bits per heavy atom. The number of aromatic hydroxyl groups is 1. The number of nitrogens with zero attached hydrogens (tertiary/aromatic N) is 1. The van der Waals surface area contributed by atoms with E-state index in [4.69, 9.17) is 5.11 Å². The van der Waals surface area contributed by atoms with Gasteiger partial charge in [-0.05, 0) is 24.3 Å². The topological polar surface area (TPSA) is 86.2 Å². The van der Waals surface area contributed by atoms with Gasteiger partial charge in [-0.1, -0.05) is 12.1 Å². The number of aromatic amines is 1. The fourth-order valence-electron chi connectivity index (χ4n) is 1.93. The largest absolute Gasteiger partial charge is 0.508 e. The number of hydrogen-bond donors (Lipinski definition) is 3. The Morgan fingerprint density at radius 2 is 2.00 bits per heavy atom.